The molecule has 0 saturated carbocycles. The molecule has 4 rings (SSSR count). The van der Waals surface area contributed by atoms with E-state index in [0.717, 1.165) is 5.56 Å². The maximum Gasteiger partial charge on any atom is 0.409 e. The number of carbonyl (C=O) groups excluding carboxylic acids is 2. The van der Waals surface area contributed by atoms with Gasteiger partial charge in [0, 0.05) is 31.9 Å². The van der Waals surface area contributed by atoms with Crippen molar-refractivity contribution in [2.45, 2.75) is 13.8 Å². The van der Waals surface area contributed by atoms with Crippen LogP contribution in [0.5, 0.6) is 5.75 Å². The van der Waals surface area contributed by atoms with E-state index in [1.165, 1.54) is 6.07 Å². The minimum Gasteiger partial charge on any atom is -0.497 e. The molecule has 0 aliphatic carbocycles. The number of piperazine rings is 1. The standard InChI is InChI=1S/C26H28FN3O4/c1-4-34-26(32)29-15-13-28(14-16-29)25(31)21-17-24(19-9-11-20(33-3)12-10-19)30(18(21)2)23-8-6-5-7-22(23)27/h5-12,17H,4,13-16H2,1-3H3. The molecule has 0 radical (unpaired) electrons. The number of para-hydroxylation sites is 1. The van der Waals surface area contributed by atoms with Crippen molar-refractivity contribution in [3.63, 3.8) is 0 Å². The summed E-state index contributed by atoms with van der Waals surface area (Å²) in [5.74, 6) is 0.184. The first kappa shape index (κ1) is 23.4. The van der Waals surface area contributed by atoms with E-state index in [2.05, 4.69) is 0 Å². The molecule has 34 heavy (non-hydrogen) atoms. The van der Waals surface area contributed by atoms with Crippen molar-refractivity contribution in [3.05, 3.63) is 71.7 Å². The zero-order valence-corrected chi connectivity index (χ0v) is 19.6. The zero-order chi connectivity index (χ0) is 24.2. The number of ether oxygens (including phenoxy) is 2. The summed E-state index contributed by atoms with van der Waals surface area (Å²) in [7, 11) is 1.60. The molecule has 3 aromatic rings. The number of methoxy groups -OCH3 is 1. The van der Waals surface area contributed by atoms with Crippen LogP contribution in [0.15, 0.2) is 54.6 Å². The highest BCUT2D eigenvalue weighted by Gasteiger charge is 2.29. The fraction of sp³-hybridized carbons (Fsp3) is 0.308. The van der Waals surface area contributed by atoms with E-state index < -0.39 is 0 Å². The Balaban J connectivity index is 1.69. The zero-order valence-electron chi connectivity index (χ0n) is 19.6. The van der Waals surface area contributed by atoms with Crippen LogP contribution in [0.2, 0.25) is 0 Å². The van der Waals surface area contributed by atoms with Gasteiger partial charge in [-0.3, -0.25) is 4.79 Å². The monoisotopic (exact) mass is 465 g/mol. The van der Waals surface area contributed by atoms with Gasteiger partial charge >= 0.3 is 6.09 Å². The molecular weight excluding hydrogens is 437 g/mol. The van der Waals surface area contributed by atoms with Gasteiger partial charge in [0.25, 0.3) is 5.91 Å². The highest BCUT2D eigenvalue weighted by Crippen LogP contribution is 2.32. The Bertz CT molecular complexity index is 1180. The third-order valence-electron chi connectivity index (χ3n) is 6.05. The van der Waals surface area contributed by atoms with Crippen LogP contribution in [0.1, 0.15) is 23.0 Å². The predicted octanol–water partition coefficient (Wildman–Crippen LogP) is 4.51. The smallest absolute Gasteiger partial charge is 0.409 e. The summed E-state index contributed by atoms with van der Waals surface area (Å²) in [6, 6.07) is 15.8. The van der Waals surface area contributed by atoms with Crippen molar-refractivity contribution in [2.75, 3.05) is 39.9 Å². The van der Waals surface area contributed by atoms with Gasteiger partial charge in [0.15, 0.2) is 0 Å². The van der Waals surface area contributed by atoms with Crippen molar-refractivity contribution in [3.8, 4) is 22.7 Å². The first-order valence-corrected chi connectivity index (χ1v) is 11.3. The molecule has 1 fully saturated rings. The predicted molar refractivity (Wildman–Crippen MR) is 127 cm³/mol. The number of nitrogens with zero attached hydrogens (tertiary/aromatic N) is 3. The van der Waals surface area contributed by atoms with E-state index in [9.17, 15) is 14.0 Å². The third-order valence-corrected chi connectivity index (χ3v) is 6.05. The number of aromatic nitrogens is 1. The highest BCUT2D eigenvalue weighted by atomic mass is 19.1. The van der Waals surface area contributed by atoms with Gasteiger partial charge in [-0.2, -0.15) is 0 Å². The summed E-state index contributed by atoms with van der Waals surface area (Å²) < 4.78 is 26.9. The second kappa shape index (κ2) is 9.99. The van der Waals surface area contributed by atoms with Gasteiger partial charge in [-0.25, -0.2) is 9.18 Å². The van der Waals surface area contributed by atoms with E-state index in [1.807, 2.05) is 37.3 Å². The van der Waals surface area contributed by atoms with Gasteiger partial charge in [-0.15, -0.1) is 0 Å². The minimum atomic E-state index is -0.377. The van der Waals surface area contributed by atoms with Gasteiger partial charge in [0.1, 0.15) is 11.6 Å². The van der Waals surface area contributed by atoms with Crippen LogP contribution in [0.25, 0.3) is 16.9 Å². The van der Waals surface area contributed by atoms with Gasteiger partial charge < -0.3 is 23.8 Å². The molecule has 178 valence electrons. The second-order valence-electron chi connectivity index (χ2n) is 8.02. The van der Waals surface area contributed by atoms with E-state index in [0.29, 0.717) is 61.2 Å². The van der Waals surface area contributed by atoms with Crippen LogP contribution in [-0.2, 0) is 4.74 Å². The lowest BCUT2D eigenvalue weighted by Gasteiger charge is -2.34. The van der Waals surface area contributed by atoms with Crippen LogP contribution >= 0.6 is 0 Å². The Morgan fingerprint density at radius 2 is 1.62 bits per heavy atom. The lowest BCUT2D eigenvalue weighted by Crippen LogP contribution is -2.50. The van der Waals surface area contributed by atoms with Crippen molar-refractivity contribution < 1.29 is 23.5 Å². The maximum absolute atomic E-state index is 14.8. The van der Waals surface area contributed by atoms with E-state index >= 15 is 0 Å². The van der Waals surface area contributed by atoms with E-state index in [4.69, 9.17) is 9.47 Å². The fourth-order valence-electron chi connectivity index (χ4n) is 4.22. The van der Waals surface area contributed by atoms with E-state index in [-0.39, 0.29) is 17.8 Å². The number of hydrogen-bond acceptors (Lipinski definition) is 4. The molecule has 0 atom stereocenters. The van der Waals surface area contributed by atoms with Gasteiger partial charge in [0.05, 0.1) is 30.7 Å². The number of benzene rings is 2. The molecule has 0 spiro atoms. The first-order chi connectivity index (χ1) is 16.4. The van der Waals surface area contributed by atoms with E-state index in [1.54, 1.807) is 46.6 Å². The molecule has 1 aliphatic rings. The Hall–Kier alpha value is -3.81. The van der Waals surface area contributed by atoms with Crippen molar-refractivity contribution in [1.82, 2.24) is 14.4 Å². The normalized spacial score (nSPS) is 13.6. The largest absolute Gasteiger partial charge is 0.497 e. The number of carbonyl (C=O) groups is 2. The molecule has 0 unspecified atom stereocenters. The van der Waals surface area contributed by atoms with Gasteiger partial charge in [0.2, 0.25) is 0 Å². The third kappa shape index (κ3) is 4.48. The lowest BCUT2D eigenvalue weighted by atomic mass is 10.1. The summed E-state index contributed by atoms with van der Waals surface area (Å²) >= 11 is 0. The molecule has 2 amide bonds. The van der Waals surface area contributed by atoms with Crippen LogP contribution < -0.4 is 4.74 Å². The average molecular weight is 466 g/mol. The molecule has 0 bridgehead atoms. The number of hydrogen-bond donors (Lipinski definition) is 0. The molecule has 2 heterocycles. The summed E-state index contributed by atoms with van der Waals surface area (Å²) in [5, 5.41) is 0. The minimum absolute atomic E-state index is 0.147. The highest BCUT2D eigenvalue weighted by molar-refractivity contribution is 5.97. The molecule has 1 saturated heterocycles. The summed E-state index contributed by atoms with van der Waals surface area (Å²) in [6.07, 6.45) is -0.363. The molecule has 7 nitrogen and oxygen atoms in total. The molecule has 8 heteroatoms. The lowest BCUT2D eigenvalue weighted by molar-refractivity contribution is 0.0570. The summed E-state index contributed by atoms with van der Waals surface area (Å²) in [6.45, 7) is 5.52. The molecule has 2 aromatic carbocycles. The molecule has 0 N–H and O–H groups in total. The number of amides is 2. The van der Waals surface area contributed by atoms with Crippen LogP contribution in [0.3, 0.4) is 0 Å². The number of rotatable bonds is 5. The second-order valence-corrected chi connectivity index (χ2v) is 8.02. The fourth-order valence-corrected chi connectivity index (χ4v) is 4.22. The average Bonchev–Trinajstić information content (AvgIpc) is 3.21. The Kier molecular flexibility index (Phi) is 6.86. The SMILES string of the molecule is CCOC(=O)N1CCN(C(=O)c2cc(-c3ccc(OC)cc3)n(-c3ccccc3F)c2C)CC1. The quantitative estimate of drug-likeness (QED) is 0.556. The van der Waals surface area contributed by atoms with Crippen molar-refractivity contribution in [2.24, 2.45) is 0 Å². The van der Waals surface area contributed by atoms with Crippen LogP contribution in [0, 0.1) is 12.7 Å². The van der Waals surface area contributed by atoms with Crippen LogP contribution in [0.4, 0.5) is 9.18 Å². The Labute approximate surface area is 198 Å². The summed E-state index contributed by atoms with van der Waals surface area (Å²) in [4.78, 5) is 28.8. The molecule has 1 aromatic heterocycles. The van der Waals surface area contributed by atoms with Crippen molar-refractivity contribution in [1.29, 1.82) is 0 Å². The van der Waals surface area contributed by atoms with Crippen molar-refractivity contribution >= 4 is 12.0 Å². The van der Waals surface area contributed by atoms with Gasteiger partial charge in [-0.05, 0) is 61.9 Å². The topological polar surface area (TPSA) is 64.0 Å². The summed E-state index contributed by atoms with van der Waals surface area (Å²) in [5.41, 5.74) is 3.06. The molecule has 1 aliphatic heterocycles. The first-order valence-electron chi connectivity index (χ1n) is 11.3. The molecular formula is C26H28FN3O4. The Morgan fingerprint density at radius 1 is 0.971 bits per heavy atom. The van der Waals surface area contributed by atoms with Gasteiger partial charge in [-0.1, -0.05) is 12.1 Å². The number of halogens is 1. The maximum atomic E-state index is 14.8. The van der Waals surface area contributed by atoms with Crippen LogP contribution in [-0.4, -0.2) is 66.3 Å². The Morgan fingerprint density at radius 3 is 2.24 bits per heavy atom.